The highest BCUT2D eigenvalue weighted by Crippen LogP contribution is 2.32. The number of benzene rings is 1. The first-order valence-corrected chi connectivity index (χ1v) is 14.6. The molecule has 4 heterocycles. The predicted molar refractivity (Wildman–Crippen MR) is 165 cm³/mol. The smallest absolute Gasteiger partial charge is 0.435 e. The molecule has 1 N–H and O–H groups in total. The van der Waals surface area contributed by atoms with Crippen molar-refractivity contribution >= 4 is 51.6 Å². The van der Waals surface area contributed by atoms with Crippen molar-refractivity contribution in [3.05, 3.63) is 36.2 Å². The fraction of sp³-hybridized carbons (Fsp3) is 0.516. The van der Waals surface area contributed by atoms with Crippen LogP contribution in [0, 0.1) is 12.8 Å². The van der Waals surface area contributed by atoms with Crippen LogP contribution in [0.4, 0.5) is 27.0 Å². The molecule has 3 aromatic heterocycles. The lowest BCUT2D eigenvalue weighted by Crippen LogP contribution is -2.41. The average molecular weight is 592 g/mol. The highest BCUT2D eigenvalue weighted by Gasteiger charge is 2.27. The zero-order chi connectivity index (χ0) is 31.1. The molecule has 12 heteroatoms. The topological polar surface area (TPSA) is 128 Å². The Kier molecular flexibility index (Phi) is 7.97. The molecule has 1 aliphatic heterocycles. The van der Waals surface area contributed by atoms with Crippen LogP contribution >= 0.6 is 0 Å². The Labute approximate surface area is 251 Å². The molecule has 0 spiro atoms. The molecule has 1 aliphatic rings. The summed E-state index contributed by atoms with van der Waals surface area (Å²) in [6.45, 7) is 15.1. The summed E-state index contributed by atoms with van der Waals surface area (Å²) in [7, 11) is 1.79. The summed E-state index contributed by atoms with van der Waals surface area (Å²) in [6.07, 6.45) is 2.56. The zero-order valence-electron chi connectivity index (χ0n) is 26.2. The number of hydrogen-bond donors (Lipinski definition) is 1. The molecule has 230 valence electrons. The summed E-state index contributed by atoms with van der Waals surface area (Å²) in [5, 5.41) is 8.57. The number of carbonyl (C=O) groups is 2. The molecule has 0 radical (unpaired) electrons. The van der Waals surface area contributed by atoms with Crippen molar-refractivity contribution in [2.45, 2.75) is 72.5 Å². The van der Waals surface area contributed by atoms with E-state index in [2.05, 4.69) is 20.3 Å². The fourth-order valence-corrected chi connectivity index (χ4v) is 5.17. The van der Waals surface area contributed by atoms with Gasteiger partial charge in [-0.2, -0.15) is 14.8 Å². The number of piperidine rings is 1. The molecule has 0 bridgehead atoms. The van der Waals surface area contributed by atoms with Crippen LogP contribution < -0.4 is 10.2 Å². The predicted octanol–water partition coefficient (Wildman–Crippen LogP) is 6.49. The molecule has 1 aromatic carbocycles. The van der Waals surface area contributed by atoms with Gasteiger partial charge in [0.15, 0.2) is 11.4 Å². The van der Waals surface area contributed by atoms with E-state index in [1.54, 1.807) is 18.2 Å². The summed E-state index contributed by atoms with van der Waals surface area (Å²) < 4.78 is 18.1. The van der Waals surface area contributed by atoms with Gasteiger partial charge >= 0.3 is 12.2 Å². The minimum Gasteiger partial charge on any atom is -0.459 e. The van der Waals surface area contributed by atoms with Gasteiger partial charge in [-0.1, -0.05) is 0 Å². The standard InChI is InChI=1S/C31H41N7O5/c1-19-22-10-9-21(17-24(22)38(35-19)29(40)43-31(5,6)7)32-27-33-23-13-16-41-25(23)26(34-27)37-14-11-20(12-15-37)18-36(8)28(39)42-30(2,3)4/h9-10,13,16-17,20H,11-12,14-15,18H2,1-8H3,(H,32,33,34). The number of hydrogen-bond acceptors (Lipinski definition) is 10. The van der Waals surface area contributed by atoms with Crippen LogP contribution in [-0.2, 0) is 9.47 Å². The van der Waals surface area contributed by atoms with Gasteiger partial charge in [0, 0.05) is 43.8 Å². The number of carbonyl (C=O) groups excluding carboxylic acids is 2. The third-order valence-corrected chi connectivity index (χ3v) is 7.13. The number of aryl methyl sites for hydroxylation is 1. The molecule has 43 heavy (non-hydrogen) atoms. The van der Waals surface area contributed by atoms with Gasteiger partial charge in [-0.05, 0) is 85.4 Å². The van der Waals surface area contributed by atoms with E-state index < -0.39 is 17.3 Å². The molecule has 4 aromatic rings. The van der Waals surface area contributed by atoms with E-state index >= 15 is 0 Å². The van der Waals surface area contributed by atoms with E-state index in [0.29, 0.717) is 46.5 Å². The number of anilines is 3. The Hall–Kier alpha value is -4.35. The maximum absolute atomic E-state index is 12.9. The normalized spacial score (nSPS) is 14.7. The Bertz CT molecular complexity index is 1640. The SMILES string of the molecule is Cc1nn(C(=O)OC(C)(C)C)c2cc(Nc3nc(N4CCC(CN(C)C(=O)OC(C)(C)C)CC4)c4occc4n3)ccc12. The summed E-state index contributed by atoms with van der Waals surface area (Å²) in [5.41, 5.74) is 2.21. The van der Waals surface area contributed by atoms with Gasteiger partial charge in [0.25, 0.3) is 0 Å². The van der Waals surface area contributed by atoms with E-state index in [0.717, 1.165) is 37.0 Å². The Morgan fingerprint density at radius 3 is 2.42 bits per heavy atom. The minimum absolute atomic E-state index is 0.304. The second-order valence-corrected chi connectivity index (χ2v) is 13.1. The van der Waals surface area contributed by atoms with E-state index in [1.807, 2.05) is 72.7 Å². The average Bonchev–Trinajstić information content (AvgIpc) is 3.51. The van der Waals surface area contributed by atoms with E-state index in [1.165, 1.54) is 4.68 Å². The van der Waals surface area contributed by atoms with Gasteiger partial charge in [0.1, 0.15) is 16.7 Å². The molecule has 0 saturated carbocycles. The number of amides is 1. The minimum atomic E-state index is -0.647. The summed E-state index contributed by atoms with van der Waals surface area (Å²) in [5.74, 6) is 1.48. The molecule has 1 saturated heterocycles. The van der Waals surface area contributed by atoms with Gasteiger partial charge in [-0.25, -0.2) is 14.6 Å². The maximum atomic E-state index is 12.9. The number of rotatable bonds is 5. The van der Waals surface area contributed by atoms with E-state index in [-0.39, 0.29) is 6.09 Å². The van der Waals surface area contributed by atoms with Gasteiger partial charge in [-0.3, -0.25) is 0 Å². The molecule has 1 fully saturated rings. The second-order valence-electron chi connectivity index (χ2n) is 13.1. The first-order chi connectivity index (χ1) is 20.2. The molecule has 1 amide bonds. The summed E-state index contributed by atoms with van der Waals surface area (Å²) >= 11 is 0. The molecular weight excluding hydrogens is 550 g/mol. The molecule has 0 atom stereocenters. The van der Waals surface area contributed by atoms with Crippen LogP contribution in [0.25, 0.3) is 22.0 Å². The van der Waals surface area contributed by atoms with Crippen LogP contribution in [0.2, 0.25) is 0 Å². The molecular formula is C31H41N7O5. The van der Waals surface area contributed by atoms with Crippen molar-refractivity contribution in [2.24, 2.45) is 5.92 Å². The van der Waals surface area contributed by atoms with Crippen molar-refractivity contribution < 1.29 is 23.5 Å². The number of fused-ring (bicyclic) bond motifs is 2. The van der Waals surface area contributed by atoms with Crippen LogP contribution in [0.15, 0.2) is 34.9 Å². The highest BCUT2D eigenvalue weighted by atomic mass is 16.6. The Balaban J connectivity index is 1.33. The lowest BCUT2D eigenvalue weighted by atomic mass is 9.96. The molecule has 0 aliphatic carbocycles. The first-order valence-electron chi connectivity index (χ1n) is 14.6. The van der Waals surface area contributed by atoms with Crippen LogP contribution in [-0.4, -0.2) is 74.7 Å². The third kappa shape index (κ3) is 7.00. The van der Waals surface area contributed by atoms with E-state index in [4.69, 9.17) is 18.9 Å². The summed E-state index contributed by atoms with van der Waals surface area (Å²) in [4.78, 5) is 38.7. The number of nitrogens with zero attached hydrogens (tertiary/aromatic N) is 6. The molecule has 12 nitrogen and oxygen atoms in total. The van der Waals surface area contributed by atoms with Crippen LogP contribution in [0.3, 0.4) is 0 Å². The largest absolute Gasteiger partial charge is 0.459 e. The number of nitrogens with one attached hydrogen (secondary N) is 1. The van der Waals surface area contributed by atoms with Gasteiger partial charge in [-0.15, -0.1) is 0 Å². The van der Waals surface area contributed by atoms with Crippen molar-refractivity contribution in [1.82, 2.24) is 24.6 Å². The third-order valence-electron chi connectivity index (χ3n) is 7.13. The van der Waals surface area contributed by atoms with E-state index in [9.17, 15) is 9.59 Å². The Morgan fingerprint density at radius 2 is 1.74 bits per heavy atom. The maximum Gasteiger partial charge on any atom is 0.435 e. The van der Waals surface area contributed by atoms with Crippen LogP contribution in [0.1, 0.15) is 60.1 Å². The quantitative estimate of drug-likeness (QED) is 0.275. The fourth-order valence-electron chi connectivity index (χ4n) is 5.17. The van der Waals surface area contributed by atoms with Gasteiger partial charge in [0.05, 0.1) is 17.5 Å². The number of ether oxygens (including phenoxy) is 2. The second kappa shape index (κ2) is 11.4. The van der Waals surface area contributed by atoms with Crippen molar-refractivity contribution in [3.63, 3.8) is 0 Å². The number of furan rings is 1. The lowest BCUT2D eigenvalue weighted by molar-refractivity contribution is 0.0266. The van der Waals surface area contributed by atoms with Gasteiger partial charge < -0.3 is 29.0 Å². The monoisotopic (exact) mass is 591 g/mol. The summed E-state index contributed by atoms with van der Waals surface area (Å²) in [6, 6.07) is 7.48. The van der Waals surface area contributed by atoms with Crippen molar-refractivity contribution in [2.75, 3.05) is 36.9 Å². The van der Waals surface area contributed by atoms with Crippen LogP contribution in [0.5, 0.6) is 0 Å². The highest BCUT2D eigenvalue weighted by molar-refractivity contribution is 5.92. The Morgan fingerprint density at radius 1 is 1.05 bits per heavy atom. The lowest BCUT2D eigenvalue weighted by Gasteiger charge is -2.34. The van der Waals surface area contributed by atoms with Gasteiger partial charge in [0.2, 0.25) is 5.95 Å². The molecule has 0 unspecified atom stereocenters. The van der Waals surface area contributed by atoms with Crippen molar-refractivity contribution in [3.8, 4) is 0 Å². The molecule has 5 rings (SSSR count). The zero-order valence-corrected chi connectivity index (χ0v) is 26.2. The number of aromatic nitrogens is 4. The first kappa shape index (κ1) is 30.1. The van der Waals surface area contributed by atoms with Crippen molar-refractivity contribution in [1.29, 1.82) is 0 Å².